The second kappa shape index (κ2) is 10.3. The highest BCUT2D eigenvalue weighted by Crippen LogP contribution is 2.16. The lowest BCUT2D eigenvalue weighted by molar-refractivity contribution is -0.123. The first-order chi connectivity index (χ1) is 14.5. The van der Waals surface area contributed by atoms with Gasteiger partial charge in [-0.25, -0.2) is 14.6 Å². The minimum absolute atomic E-state index is 0.142. The number of carbonyl (C=O) groups is 2. The van der Waals surface area contributed by atoms with E-state index in [1.54, 1.807) is 42.5 Å². The number of halogens is 2. The zero-order chi connectivity index (χ0) is 21.3. The quantitative estimate of drug-likeness (QED) is 0.241. The van der Waals surface area contributed by atoms with E-state index in [1.165, 1.54) is 24.4 Å². The van der Waals surface area contributed by atoms with Crippen LogP contribution in [0, 0.1) is 5.82 Å². The van der Waals surface area contributed by atoms with Crippen LogP contribution in [0.3, 0.4) is 0 Å². The van der Waals surface area contributed by atoms with Crippen LogP contribution in [0.1, 0.15) is 15.9 Å². The maximum atomic E-state index is 13.6. The number of esters is 1. The van der Waals surface area contributed by atoms with Gasteiger partial charge in [0.2, 0.25) is 0 Å². The van der Waals surface area contributed by atoms with Crippen molar-refractivity contribution in [2.24, 2.45) is 5.10 Å². The number of nitrogens with zero attached hydrogens (tertiary/aromatic N) is 1. The summed E-state index contributed by atoms with van der Waals surface area (Å²) in [5, 5.41) is 3.85. The maximum Gasteiger partial charge on any atom is 0.346 e. The third kappa shape index (κ3) is 6.25. The molecule has 3 aromatic carbocycles. The number of ether oxygens (including phenoxy) is 2. The Kier molecular flexibility index (Phi) is 7.29. The molecule has 0 radical (unpaired) electrons. The molecule has 1 amide bonds. The van der Waals surface area contributed by atoms with Gasteiger partial charge in [-0.05, 0) is 66.2 Å². The summed E-state index contributed by atoms with van der Waals surface area (Å²) in [4.78, 5) is 23.8. The summed E-state index contributed by atoms with van der Waals surface area (Å²) >= 11 is 3.32. The molecular weight excluding hydrogens is 455 g/mol. The summed E-state index contributed by atoms with van der Waals surface area (Å²) in [6.45, 7) is -0.177. The van der Waals surface area contributed by atoms with Crippen molar-refractivity contribution in [3.8, 4) is 11.5 Å². The van der Waals surface area contributed by atoms with E-state index in [0.29, 0.717) is 11.3 Å². The number of nitrogens with one attached hydrogen (secondary N) is 1. The summed E-state index contributed by atoms with van der Waals surface area (Å²) in [6.07, 6.45) is 1.43. The van der Waals surface area contributed by atoms with Gasteiger partial charge in [0.1, 0.15) is 17.3 Å². The lowest BCUT2D eigenvalue weighted by Gasteiger charge is -2.05. The van der Waals surface area contributed by atoms with Gasteiger partial charge in [0.05, 0.1) is 11.8 Å². The van der Waals surface area contributed by atoms with Crippen LogP contribution in [-0.2, 0) is 4.79 Å². The van der Waals surface area contributed by atoms with Crippen LogP contribution in [-0.4, -0.2) is 24.7 Å². The zero-order valence-corrected chi connectivity index (χ0v) is 17.1. The monoisotopic (exact) mass is 470 g/mol. The van der Waals surface area contributed by atoms with E-state index in [-0.39, 0.29) is 17.9 Å². The van der Waals surface area contributed by atoms with Gasteiger partial charge in [0, 0.05) is 4.47 Å². The van der Waals surface area contributed by atoms with Gasteiger partial charge in [-0.3, -0.25) is 4.79 Å². The molecule has 0 aromatic heterocycles. The first-order valence-electron chi connectivity index (χ1n) is 8.78. The number of benzene rings is 3. The molecule has 0 aliphatic rings. The molecule has 30 heavy (non-hydrogen) atoms. The molecule has 6 nitrogen and oxygen atoms in total. The molecule has 0 bridgehead atoms. The van der Waals surface area contributed by atoms with Crippen LogP contribution < -0.4 is 14.9 Å². The van der Waals surface area contributed by atoms with E-state index in [1.807, 2.05) is 12.1 Å². The van der Waals surface area contributed by atoms with Gasteiger partial charge in [-0.2, -0.15) is 5.10 Å². The van der Waals surface area contributed by atoms with Gasteiger partial charge in [-0.15, -0.1) is 0 Å². The molecule has 0 spiro atoms. The Bertz CT molecular complexity index is 1050. The van der Waals surface area contributed by atoms with Crippen molar-refractivity contribution in [2.45, 2.75) is 0 Å². The summed E-state index contributed by atoms with van der Waals surface area (Å²) < 4.78 is 25.0. The van der Waals surface area contributed by atoms with Crippen molar-refractivity contribution in [3.63, 3.8) is 0 Å². The molecule has 0 fully saturated rings. The number of carbonyl (C=O) groups excluding carboxylic acids is 2. The SMILES string of the molecule is O=C(COc1ccc(Br)cc1)NN=Cc1ccc(OC(=O)c2ccccc2F)cc1. The van der Waals surface area contributed by atoms with E-state index in [0.717, 1.165) is 4.47 Å². The lowest BCUT2D eigenvalue weighted by Crippen LogP contribution is -2.24. The Balaban J connectivity index is 1.47. The normalized spacial score (nSPS) is 10.6. The summed E-state index contributed by atoms with van der Waals surface area (Å²) in [5.74, 6) is -1.02. The molecule has 0 unspecified atom stereocenters. The van der Waals surface area contributed by atoms with Crippen LogP contribution >= 0.6 is 15.9 Å². The third-order valence-corrected chi connectivity index (χ3v) is 4.30. The van der Waals surface area contributed by atoms with Crippen molar-refractivity contribution in [1.29, 1.82) is 0 Å². The number of hydrazone groups is 1. The lowest BCUT2D eigenvalue weighted by atomic mass is 10.2. The van der Waals surface area contributed by atoms with E-state index in [2.05, 4.69) is 26.5 Å². The van der Waals surface area contributed by atoms with Crippen LogP contribution in [0.5, 0.6) is 11.5 Å². The molecule has 3 aromatic rings. The Labute approximate surface area is 180 Å². The van der Waals surface area contributed by atoms with Crippen molar-refractivity contribution >= 4 is 34.0 Å². The number of rotatable bonds is 7. The standard InChI is InChI=1S/C22H16BrFN2O4/c23-16-7-11-17(12-8-16)29-14-21(27)26-25-13-15-5-9-18(10-6-15)30-22(28)19-3-1-2-4-20(19)24/h1-13H,14H2,(H,26,27). The number of amides is 1. The number of hydrogen-bond acceptors (Lipinski definition) is 5. The van der Waals surface area contributed by atoms with Crippen LogP contribution in [0.2, 0.25) is 0 Å². The molecular formula is C22H16BrFN2O4. The fraction of sp³-hybridized carbons (Fsp3) is 0.0455. The molecule has 3 rings (SSSR count). The van der Waals surface area contributed by atoms with E-state index in [9.17, 15) is 14.0 Å². The minimum Gasteiger partial charge on any atom is -0.484 e. The fourth-order valence-electron chi connectivity index (χ4n) is 2.30. The van der Waals surface area contributed by atoms with Crippen LogP contribution in [0.15, 0.2) is 82.4 Å². The fourth-order valence-corrected chi connectivity index (χ4v) is 2.57. The Hall–Kier alpha value is -3.52. The molecule has 8 heteroatoms. The van der Waals surface area contributed by atoms with Gasteiger partial charge in [-0.1, -0.05) is 28.1 Å². The highest BCUT2D eigenvalue weighted by molar-refractivity contribution is 9.10. The average Bonchev–Trinajstić information content (AvgIpc) is 2.75. The van der Waals surface area contributed by atoms with Crippen molar-refractivity contribution in [1.82, 2.24) is 5.43 Å². The second-order valence-corrected chi connectivity index (χ2v) is 6.89. The van der Waals surface area contributed by atoms with Crippen molar-refractivity contribution in [3.05, 3.63) is 94.2 Å². The largest absolute Gasteiger partial charge is 0.484 e. The van der Waals surface area contributed by atoms with E-state index >= 15 is 0 Å². The molecule has 1 N–H and O–H groups in total. The Morgan fingerprint density at radius 3 is 2.33 bits per heavy atom. The smallest absolute Gasteiger partial charge is 0.346 e. The van der Waals surface area contributed by atoms with E-state index < -0.39 is 17.7 Å². The second-order valence-electron chi connectivity index (χ2n) is 5.97. The topological polar surface area (TPSA) is 77.0 Å². The summed E-state index contributed by atoms with van der Waals surface area (Å²) in [5.41, 5.74) is 2.88. The zero-order valence-electron chi connectivity index (χ0n) is 15.5. The average molecular weight is 471 g/mol. The molecule has 0 atom stereocenters. The first-order valence-corrected chi connectivity index (χ1v) is 9.57. The molecule has 152 valence electrons. The Morgan fingerprint density at radius 2 is 1.63 bits per heavy atom. The minimum atomic E-state index is -0.785. The summed E-state index contributed by atoms with van der Waals surface area (Å²) in [6, 6.07) is 19.0. The predicted octanol–water partition coefficient (Wildman–Crippen LogP) is 4.34. The van der Waals surface area contributed by atoms with Gasteiger partial charge >= 0.3 is 5.97 Å². The predicted molar refractivity (Wildman–Crippen MR) is 113 cm³/mol. The van der Waals surface area contributed by atoms with Gasteiger partial charge in [0.15, 0.2) is 6.61 Å². The Morgan fingerprint density at radius 1 is 0.967 bits per heavy atom. The van der Waals surface area contributed by atoms with Crippen LogP contribution in [0.25, 0.3) is 0 Å². The molecule has 0 heterocycles. The molecule has 0 aliphatic heterocycles. The van der Waals surface area contributed by atoms with Gasteiger partial charge in [0.25, 0.3) is 5.91 Å². The van der Waals surface area contributed by atoms with Gasteiger partial charge < -0.3 is 9.47 Å². The number of hydrogen-bond donors (Lipinski definition) is 1. The first kappa shape index (κ1) is 21.2. The summed E-state index contributed by atoms with van der Waals surface area (Å²) in [7, 11) is 0. The highest BCUT2D eigenvalue weighted by Gasteiger charge is 2.13. The molecule has 0 aliphatic carbocycles. The highest BCUT2D eigenvalue weighted by atomic mass is 79.9. The third-order valence-electron chi connectivity index (χ3n) is 3.77. The van der Waals surface area contributed by atoms with E-state index in [4.69, 9.17) is 9.47 Å². The maximum absolute atomic E-state index is 13.6. The molecule has 0 saturated carbocycles. The molecule has 0 saturated heterocycles. The van der Waals surface area contributed by atoms with Crippen molar-refractivity contribution < 1.29 is 23.5 Å². The van der Waals surface area contributed by atoms with Crippen molar-refractivity contribution in [2.75, 3.05) is 6.61 Å². The van der Waals surface area contributed by atoms with Crippen LogP contribution in [0.4, 0.5) is 4.39 Å².